The van der Waals surface area contributed by atoms with Gasteiger partial charge in [-0.2, -0.15) is 0 Å². The Morgan fingerprint density at radius 3 is 1.60 bits per heavy atom. The number of phenols is 2. The Labute approximate surface area is 149 Å². The molecule has 0 amide bonds. The van der Waals surface area contributed by atoms with Crippen LogP contribution >= 0.6 is 0 Å². The zero-order valence-corrected chi connectivity index (χ0v) is 15.2. The molecule has 0 unspecified atom stereocenters. The first kappa shape index (κ1) is 18.8. The van der Waals surface area contributed by atoms with Crippen LogP contribution in [0.1, 0.15) is 51.7 Å². The van der Waals surface area contributed by atoms with E-state index in [1.54, 1.807) is 24.3 Å². The zero-order chi connectivity index (χ0) is 18.7. The summed E-state index contributed by atoms with van der Waals surface area (Å²) >= 11 is 0. The van der Waals surface area contributed by atoms with Gasteiger partial charge in [0.05, 0.1) is 0 Å². The van der Waals surface area contributed by atoms with Crippen LogP contribution in [0.3, 0.4) is 0 Å². The molecule has 0 aliphatic heterocycles. The normalized spacial score (nSPS) is 12.0. The number of carbonyl (C=O) groups is 1. The Morgan fingerprint density at radius 2 is 1.24 bits per heavy atom. The third-order valence-electron chi connectivity index (χ3n) is 4.26. The quantitative estimate of drug-likeness (QED) is 0.784. The van der Waals surface area contributed by atoms with Gasteiger partial charge in [0.1, 0.15) is 17.1 Å². The number of rotatable bonds is 5. The van der Waals surface area contributed by atoms with Crippen molar-refractivity contribution in [2.45, 2.75) is 51.6 Å². The molecular formula is C21H26O4. The van der Waals surface area contributed by atoms with Crippen molar-refractivity contribution in [2.24, 2.45) is 0 Å². The lowest BCUT2D eigenvalue weighted by Gasteiger charge is -2.31. The van der Waals surface area contributed by atoms with Crippen LogP contribution in [0.25, 0.3) is 0 Å². The number of hydrogen-bond acceptors (Lipinski definition) is 4. The SMILES string of the molecule is CC(C)(C)OC(=O)CCC(C)(c1ccc(O)cc1)c1ccc(O)cc1. The Kier molecular flexibility index (Phi) is 5.41. The van der Waals surface area contributed by atoms with Gasteiger partial charge in [-0.25, -0.2) is 0 Å². The van der Waals surface area contributed by atoms with Gasteiger partial charge in [0, 0.05) is 11.8 Å². The van der Waals surface area contributed by atoms with Crippen molar-refractivity contribution in [3.05, 3.63) is 59.7 Å². The predicted molar refractivity (Wildman–Crippen MR) is 97.7 cm³/mol. The van der Waals surface area contributed by atoms with Gasteiger partial charge >= 0.3 is 5.97 Å². The van der Waals surface area contributed by atoms with Gasteiger partial charge in [-0.3, -0.25) is 4.79 Å². The van der Waals surface area contributed by atoms with E-state index in [0.717, 1.165) is 11.1 Å². The zero-order valence-electron chi connectivity index (χ0n) is 15.2. The highest BCUT2D eigenvalue weighted by Crippen LogP contribution is 2.38. The fraction of sp³-hybridized carbons (Fsp3) is 0.381. The first-order valence-electron chi connectivity index (χ1n) is 8.41. The average molecular weight is 342 g/mol. The van der Waals surface area contributed by atoms with Crippen LogP contribution < -0.4 is 0 Å². The predicted octanol–water partition coefficient (Wildman–Crippen LogP) is 4.53. The second kappa shape index (κ2) is 7.18. The summed E-state index contributed by atoms with van der Waals surface area (Å²) in [5.74, 6) is 0.157. The van der Waals surface area contributed by atoms with Crippen LogP contribution in [0.5, 0.6) is 11.5 Å². The molecule has 2 N–H and O–H groups in total. The molecule has 4 heteroatoms. The molecule has 0 saturated heterocycles. The van der Waals surface area contributed by atoms with Crippen LogP contribution in [-0.4, -0.2) is 21.8 Å². The van der Waals surface area contributed by atoms with E-state index < -0.39 is 11.0 Å². The molecule has 134 valence electrons. The Hall–Kier alpha value is -2.49. The third kappa shape index (κ3) is 4.99. The fourth-order valence-corrected chi connectivity index (χ4v) is 2.86. The number of phenolic OH excluding ortho intramolecular Hbond substituents is 2. The van der Waals surface area contributed by atoms with Crippen LogP contribution in [0.4, 0.5) is 0 Å². The molecule has 0 saturated carbocycles. The number of esters is 1. The second-order valence-corrected chi connectivity index (χ2v) is 7.51. The van der Waals surface area contributed by atoms with Gasteiger partial charge in [0.2, 0.25) is 0 Å². The molecule has 0 bridgehead atoms. The van der Waals surface area contributed by atoms with Crippen LogP contribution in [0.2, 0.25) is 0 Å². The molecule has 0 aromatic heterocycles. The highest BCUT2D eigenvalue weighted by molar-refractivity contribution is 5.70. The number of hydrogen-bond donors (Lipinski definition) is 2. The molecule has 0 aliphatic rings. The first-order valence-corrected chi connectivity index (χ1v) is 8.41. The molecule has 0 radical (unpaired) electrons. The summed E-state index contributed by atoms with van der Waals surface area (Å²) in [5.41, 5.74) is 1.02. The van der Waals surface area contributed by atoms with Crippen molar-refractivity contribution in [2.75, 3.05) is 0 Å². The van der Waals surface area contributed by atoms with Crippen LogP contribution in [-0.2, 0) is 14.9 Å². The summed E-state index contributed by atoms with van der Waals surface area (Å²) < 4.78 is 5.42. The van der Waals surface area contributed by atoms with Gasteiger partial charge in [-0.05, 0) is 62.6 Å². The van der Waals surface area contributed by atoms with E-state index in [1.807, 2.05) is 45.0 Å². The van der Waals surface area contributed by atoms with E-state index in [9.17, 15) is 15.0 Å². The van der Waals surface area contributed by atoms with Gasteiger partial charge < -0.3 is 14.9 Å². The molecule has 25 heavy (non-hydrogen) atoms. The lowest BCUT2D eigenvalue weighted by molar-refractivity contribution is -0.155. The molecule has 0 spiro atoms. The van der Waals surface area contributed by atoms with Crippen molar-refractivity contribution in [1.29, 1.82) is 0 Å². The van der Waals surface area contributed by atoms with Gasteiger partial charge in [0.25, 0.3) is 0 Å². The summed E-state index contributed by atoms with van der Waals surface area (Å²) in [5, 5.41) is 19.1. The highest BCUT2D eigenvalue weighted by atomic mass is 16.6. The summed E-state index contributed by atoms with van der Waals surface area (Å²) in [4.78, 5) is 12.2. The van der Waals surface area contributed by atoms with Crippen molar-refractivity contribution in [1.82, 2.24) is 0 Å². The summed E-state index contributed by atoms with van der Waals surface area (Å²) in [6.45, 7) is 7.61. The van der Waals surface area contributed by atoms with Gasteiger partial charge in [-0.15, -0.1) is 0 Å². The minimum absolute atomic E-state index is 0.198. The summed E-state index contributed by atoms with van der Waals surface area (Å²) in [6.07, 6.45) is 0.826. The first-order chi connectivity index (χ1) is 11.6. The van der Waals surface area contributed by atoms with E-state index in [4.69, 9.17) is 4.74 Å². The molecule has 4 nitrogen and oxygen atoms in total. The van der Waals surface area contributed by atoms with E-state index in [2.05, 4.69) is 6.92 Å². The van der Waals surface area contributed by atoms with Gasteiger partial charge in [-0.1, -0.05) is 31.2 Å². The minimum Gasteiger partial charge on any atom is -0.508 e. The van der Waals surface area contributed by atoms with Crippen LogP contribution in [0.15, 0.2) is 48.5 Å². The molecular weight excluding hydrogens is 316 g/mol. The number of ether oxygens (including phenoxy) is 1. The monoisotopic (exact) mass is 342 g/mol. The van der Waals surface area contributed by atoms with E-state index in [0.29, 0.717) is 6.42 Å². The summed E-state index contributed by atoms with van der Waals surface area (Å²) in [7, 11) is 0. The Balaban J connectivity index is 2.30. The molecule has 2 rings (SSSR count). The summed E-state index contributed by atoms with van der Waals surface area (Å²) in [6, 6.07) is 14.0. The maximum Gasteiger partial charge on any atom is 0.306 e. The molecule has 2 aromatic rings. The Bertz CT molecular complexity index is 664. The molecule has 0 fully saturated rings. The highest BCUT2D eigenvalue weighted by Gasteiger charge is 2.30. The topological polar surface area (TPSA) is 66.8 Å². The largest absolute Gasteiger partial charge is 0.508 e. The number of aromatic hydroxyl groups is 2. The molecule has 2 aromatic carbocycles. The van der Waals surface area contributed by atoms with E-state index in [1.165, 1.54) is 0 Å². The Morgan fingerprint density at radius 1 is 0.840 bits per heavy atom. The van der Waals surface area contributed by atoms with Crippen molar-refractivity contribution < 1.29 is 19.7 Å². The standard InChI is InChI=1S/C21H26O4/c1-20(2,3)25-19(24)13-14-21(4,15-5-9-17(22)10-6-15)16-7-11-18(23)12-8-16/h5-12,22-23H,13-14H2,1-4H3. The minimum atomic E-state index is -0.509. The molecule has 0 atom stereocenters. The third-order valence-corrected chi connectivity index (χ3v) is 4.26. The van der Waals surface area contributed by atoms with E-state index in [-0.39, 0.29) is 23.9 Å². The lowest BCUT2D eigenvalue weighted by Crippen LogP contribution is -2.28. The number of carbonyl (C=O) groups excluding carboxylic acids is 1. The van der Waals surface area contributed by atoms with Crippen molar-refractivity contribution >= 4 is 5.97 Å². The second-order valence-electron chi connectivity index (χ2n) is 7.51. The maximum atomic E-state index is 12.2. The smallest absolute Gasteiger partial charge is 0.306 e. The fourth-order valence-electron chi connectivity index (χ4n) is 2.86. The van der Waals surface area contributed by atoms with Crippen molar-refractivity contribution in [3.63, 3.8) is 0 Å². The molecule has 0 heterocycles. The van der Waals surface area contributed by atoms with E-state index >= 15 is 0 Å². The van der Waals surface area contributed by atoms with Crippen LogP contribution in [0, 0.1) is 0 Å². The van der Waals surface area contributed by atoms with Gasteiger partial charge in [0.15, 0.2) is 0 Å². The maximum absolute atomic E-state index is 12.2. The average Bonchev–Trinajstić information content (AvgIpc) is 2.52. The molecule has 0 aliphatic carbocycles. The van der Waals surface area contributed by atoms with Crippen molar-refractivity contribution in [3.8, 4) is 11.5 Å². The lowest BCUT2D eigenvalue weighted by atomic mass is 9.73. The number of benzene rings is 2.